The van der Waals surface area contributed by atoms with Crippen LogP contribution in [0.25, 0.3) is 0 Å². The summed E-state index contributed by atoms with van der Waals surface area (Å²) in [6, 6.07) is 2.27. The molecule has 1 N–H and O–H groups in total. The molecule has 2 aliphatic rings. The third kappa shape index (κ3) is 2.35. The summed E-state index contributed by atoms with van der Waals surface area (Å²) in [5.41, 5.74) is 1.77. The molecule has 116 valence electrons. The second kappa shape index (κ2) is 5.13. The van der Waals surface area contributed by atoms with Gasteiger partial charge in [0, 0.05) is 38.4 Å². The van der Waals surface area contributed by atoms with Gasteiger partial charge in [0.15, 0.2) is 5.76 Å². The number of urea groups is 1. The van der Waals surface area contributed by atoms with Gasteiger partial charge in [0.25, 0.3) is 0 Å². The van der Waals surface area contributed by atoms with Crippen molar-refractivity contribution in [1.29, 1.82) is 0 Å². The zero-order chi connectivity index (χ0) is 15.1. The fraction of sp³-hybridized carbons (Fsp3) is 0.500. The van der Waals surface area contributed by atoms with Crippen LogP contribution in [0.3, 0.4) is 0 Å². The Hall–Kier alpha value is -2.35. The molecule has 0 saturated carbocycles. The summed E-state index contributed by atoms with van der Waals surface area (Å²) in [6.07, 6.45) is 3.71. The Morgan fingerprint density at radius 2 is 2.32 bits per heavy atom. The van der Waals surface area contributed by atoms with Crippen molar-refractivity contribution in [3.8, 4) is 0 Å². The predicted molar refractivity (Wildman–Crippen MR) is 78.5 cm³/mol. The van der Waals surface area contributed by atoms with Crippen LogP contribution >= 0.6 is 0 Å². The van der Waals surface area contributed by atoms with Gasteiger partial charge in [-0.2, -0.15) is 5.10 Å². The van der Waals surface area contributed by atoms with Gasteiger partial charge in [0.05, 0.1) is 30.2 Å². The lowest BCUT2D eigenvalue weighted by molar-refractivity contribution is 0.0809. The first-order valence-corrected chi connectivity index (χ1v) is 7.43. The Balaban J connectivity index is 1.35. The van der Waals surface area contributed by atoms with Gasteiger partial charge in [-0.25, -0.2) is 4.79 Å². The molecule has 0 radical (unpaired) electrons. The summed E-state index contributed by atoms with van der Waals surface area (Å²) in [4.78, 5) is 15.7. The minimum Gasteiger partial charge on any atom is -0.360 e. The van der Waals surface area contributed by atoms with Crippen molar-refractivity contribution < 1.29 is 9.32 Å². The summed E-state index contributed by atoms with van der Waals surface area (Å²) >= 11 is 0. The maximum atomic E-state index is 11.6. The summed E-state index contributed by atoms with van der Waals surface area (Å²) in [6.45, 7) is 5.94. The molecule has 0 spiro atoms. The van der Waals surface area contributed by atoms with Crippen molar-refractivity contribution in [3.05, 3.63) is 29.9 Å². The highest BCUT2D eigenvalue weighted by atomic mass is 16.5. The minimum absolute atomic E-state index is 0.0459. The monoisotopic (exact) mass is 302 g/mol. The first-order valence-electron chi connectivity index (χ1n) is 7.43. The number of nitrogens with one attached hydrogen (secondary N) is 1. The summed E-state index contributed by atoms with van der Waals surface area (Å²) in [5.74, 6) is 0.894. The average molecular weight is 302 g/mol. The van der Waals surface area contributed by atoms with Crippen LogP contribution in [0.4, 0.5) is 10.5 Å². The number of rotatable bonds is 4. The van der Waals surface area contributed by atoms with Crippen LogP contribution in [0.2, 0.25) is 0 Å². The SMILES string of the molecule is Cc1cc(CN2CC(n3cc(N4CCNC4=O)cn3)C2)on1. The minimum atomic E-state index is -0.0459. The van der Waals surface area contributed by atoms with Gasteiger partial charge in [0.2, 0.25) is 0 Å². The molecule has 0 unspecified atom stereocenters. The molecule has 0 aliphatic carbocycles. The first-order chi connectivity index (χ1) is 10.7. The maximum Gasteiger partial charge on any atom is 0.322 e. The number of aryl methyl sites for hydroxylation is 1. The highest BCUT2D eigenvalue weighted by Gasteiger charge is 2.30. The fourth-order valence-electron chi connectivity index (χ4n) is 2.94. The third-order valence-electron chi connectivity index (χ3n) is 4.12. The number of anilines is 1. The molecular formula is C14H18N6O2. The fourth-order valence-corrected chi connectivity index (χ4v) is 2.94. The number of carbonyl (C=O) groups is 1. The standard InChI is InChI=1S/C14H18N6O2/c1-10-4-13(22-17-10)9-18-6-12(7-18)20-8-11(5-16-20)19-3-2-15-14(19)21/h4-5,8,12H,2-3,6-7,9H2,1H3,(H,15,21). The molecule has 0 bridgehead atoms. The Bertz CT molecular complexity index is 687. The quantitative estimate of drug-likeness (QED) is 0.902. The van der Waals surface area contributed by atoms with E-state index in [4.69, 9.17) is 4.52 Å². The Morgan fingerprint density at radius 3 is 3.00 bits per heavy atom. The zero-order valence-corrected chi connectivity index (χ0v) is 12.4. The van der Waals surface area contributed by atoms with Crippen molar-refractivity contribution >= 4 is 11.7 Å². The van der Waals surface area contributed by atoms with Crippen LogP contribution in [0, 0.1) is 6.92 Å². The van der Waals surface area contributed by atoms with Crippen LogP contribution in [0.15, 0.2) is 23.0 Å². The number of carbonyl (C=O) groups excluding carboxylic acids is 1. The van der Waals surface area contributed by atoms with E-state index in [1.54, 1.807) is 11.1 Å². The van der Waals surface area contributed by atoms with Crippen LogP contribution in [0.1, 0.15) is 17.5 Å². The van der Waals surface area contributed by atoms with E-state index in [9.17, 15) is 4.79 Å². The highest BCUT2D eigenvalue weighted by molar-refractivity contribution is 5.93. The van der Waals surface area contributed by atoms with E-state index in [2.05, 4.69) is 20.5 Å². The van der Waals surface area contributed by atoms with Gasteiger partial charge in [-0.3, -0.25) is 14.5 Å². The molecule has 0 aromatic carbocycles. The zero-order valence-electron chi connectivity index (χ0n) is 12.4. The second-order valence-electron chi connectivity index (χ2n) is 5.84. The number of likely N-dealkylation sites (tertiary alicyclic amines) is 1. The molecule has 2 aromatic heterocycles. The number of nitrogens with zero attached hydrogens (tertiary/aromatic N) is 5. The molecule has 2 aromatic rings. The molecule has 4 rings (SSSR count). The Kier molecular flexibility index (Phi) is 3.11. The van der Waals surface area contributed by atoms with Crippen LogP contribution in [0.5, 0.6) is 0 Å². The maximum absolute atomic E-state index is 11.6. The van der Waals surface area contributed by atoms with Crippen molar-refractivity contribution in [3.63, 3.8) is 0 Å². The topological polar surface area (TPSA) is 79.4 Å². The highest BCUT2D eigenvalue weighted by Crippen LogP contribution is 2.25. The van der Waals surface area contributed by atoms with Crippen LogP contribution in [-0.2, 0) is 6.54 Å². The molecule has 2 amide bonds. The van der Waals surface area contributed by atoms with E-state index < -0.39 is 0 Å². The number of aromatic nitrogens is 3. The van der Waals surface area contributed by atoms with Crippen molar-refractivity contribution in [2.75, 3.05) is 31.1 Å². The first kappa shape index (κ1) is 13.3. The van der Waals surface area contributed by atoms with E-state index in [1.807, 2.05) is 23.9 Å². The smallest absolute Gasteiger partial charge is 0.322 e. The van der Waals surface area contributed by atoms with Gasteiger partial charge < -0.3 is 9.84 Å². The molecular weight excluding hydrogens is 284 g/mol. The van der Waals surface area contributed by atoms with Gasteiger partial charge in [0.1, 0.15) is 0 Å². The van der Waals surface area contributed by atoms with E-state index in [1.165, 1.54) is 0 Å². The molecule has 8 nitrogen and oxygen atoms in total. The summed E-state index contributed by atoms with van der Waals surface area (Å²) in [5, 5.41) is 11.1. The van der Waals surface area contributed by atoms with E-state index in [-0.39, 0.29) is 6.03 Å². The van der Waals surface area contributed by atoms with Crippen molar-refractivity contribution in [1.82, 2.24) is 25.2 Å². The lowest BCUT2D eigenvalue weighted by Crippen LogP contribution is -2.47. The largest absolute Gasteiger partial charge is 0.360 e. The van der Waals surface area contributed by atoms with E-state index in [0.717, 1.165) is 36.8 Å². The van der Waals surface area contributed by atoms with Gasteiger partial charge in [-0.1, -0.05) is 5.16 Å². The number of hydrogen-bond acceptors (Lipinski definition) is 5. The molecule has 2 saturated heterocycles. The average Bonchev–Trinajstić information content (AvgIpc) is 3.14. The predicted octanol–water partition coefficient (Wildman–Crippen LogP) is 0.766. The van der Waals surface area contributed by atoms with E-state index in [0.29, 0.717) is 19.1 Å². The lowest BCUT2D eigenvalue weighted by Gasteiger charge is -2.38. The molecule has 8 heteroatoms. The van der Waals surface area contributed by atoms with Gasteiger partial charge >= 0.3 is 6.03 Å². The number of hydrogen-bond donors (Lipinski definition) is 1. The molecule has 2 aliphatic heterocycles. The van der Waals surface area contributed by atoms with Crippen molar-refractivity contribution in [2.45, 2.75) is 19.5 Å². The summed E-state index contributed by atoms with van der Waals surface area (Å²) in [7, 11) is 0. The molecule has 0 atom stereocenters. The Morgan fingerprint density at radius 1 is 1.45 bits per heavy atom. The lowest BCUT2D eigenvalue weighted by atomic mass is 10.1. The normalized spacial score (nSPS) is 19.5. The van der Waals surface area contributed by atoms with E-state index >= 15 is 0 Å². The summed E-state index contributed by atoms with van der Waals surface area (Å²) < 4.78 is 7.18. The third-order valence-corrected chi connectivity index (χ3v) is 4.12. The molecule has 2 fully saturated rings. The number of amides is 2. The van der Waals surface area contributed by atoms with Gasteiger partial charge in [-0.15, -0.1) is 0 Å². The van der Waals surface area contributed by atoms with Gasteiger partial charge in [-0.05, 0) is 6.92 Å². The van der Waals surface area contributed by atoms with Crippen LogP contribution < -0.4 is 10.2 Å². The molecule has 22 heavy (non-hydrogen) atoms. The second-order valence-corrected chi connectivity index (χ2v) is 5.84. The molecule has 4 heterocycles. The van der Waals surface area contributed by atoms with Crippen molar-refractivity contribution in [2.24, 2.45) is 0 Å². The Labute approximate surface area is 127 Å². The van der Waals surface area contributed by atoms with Crippen LogP contribution in [-0.4, -0.2) is 52.0 Å².